The minimum atomic E-state index is -1.04. The number of fused-ring (bicyclic) bond motifs is 1. The number of halogens is 2. The topological polar surface area (TPSA) is 103 Å². The van der Waals surface area contributed by atoms with Gasteiger partial charge in [0.05, 0.1) is 18.0 Å². The van der Waals surface area contributed by atoms with E-state index in [0.29, 0.717) is 28.3 Å². The van der Waals surface area contributed by atoms with Gasteiger partial charge in [-0.3, -0.25) is 0 Å². The summed E-state index contributed by atoms with van der Waals surface area (Å²) < 4.78 is 29.1. The molecular weight excluding hydrogens is 464 g/mol. The summed E-state index contributed by atoms with van der Waals surface area (Å²) in [7, 11) is 1.97. The van der Waals surface area contributed by atoms with Crippen LogP contribution in [0.25, 0.3) is 33.4 Å². The van der Waals surface area contributed by atoms with E-state index in [1.165, 1.54) is 18.5 Å². The fraction of sp³-hybridized carbons (Fsp3) is 0.385. The average molecular weight is 494 g/mol. The van der Waals surface area contributed by atoms with E-state index in [-0.39, 0.29) is 33.9 Å². The number of aromatic nitrogens is 5. The second kappa shape index (κ2) is 8.48. The number of rotatable bonds is 4. The van der Waals surface area contributed by atoms with Crippen LogP contribution in [0.2, 0.25) is 0 Å². The molecule has 8 nitrogen and oxygen atoms in total. The Hall–Kier alpha value is -3.66. The van der Waals surface area contributed by atoms with Crippen molar-refractivity contribution in [1.29, 1.82) is 0 Å². The molecule has 2 aromatic carbocycles. The number of phenolic OH excluding ortho intramolecular Hbond substituents is 1. The van der Waals surface area contributed by atoms with Gasteiger partial charge in [0, 0.05) is 35.3 Å². The van der Waals surface area contributed by atoms with Crippen LogP contribution >= 0.6 is 0 Å². The van der Waals surface area contributed by atoms with Crippen LogP contribution in [0, 0.1) is 11.6 Å². The molecule has 3 N–H and O–H groups in total. The maximum Gasteiger partial charge on any atom is 0.245 e. The number of aromatic amines is 1. The van der Waals surface area contributed by atoms with Crippen molar-refractivity contribution in [2.75, 3.05) is 11.9 Å². The summed E-state index contributed by atoms with van der Waals surface area (Å²) in [6, 6.07) is 6.25. The number of nitrogens with one attached hydrogen (secondary N) is 2. The molecule has 188 valence electrons. The van der Waals surface area contributed by atoms with Gasteiger partial charge in [0.1, 0.15) is 17.0 Å². The molecule has 2 aromatic heterocycles. The van der Waals surface area contributed by atoms with Crippen LogP contribution in [0.15, 0.2) is 36.8 Å². The lowest BCUT2D eigenvalue weighted by atomic mass is 9.79. The van der Waals surface area contributed by atoms with Crippen LogP contribution in [0.5, 0.6) is 5.75 Å². The summed E-state index contributed by atoms with van der Waals surface area (Å²) in [5.41, 5.74) is 1.34. The molecule has 5 rings (SSSR count). The number of aromatic hydroxyl groups is 1. The van der Waals surface area contributed by atoms with Crippen LogP contribution in [0.4, 0.5) is 14.7 Å². The molecule has 0 aliphatic carbocycles. The predicted octanol–water partition coefficient (Wildman–Crippen LogP) is 4.81. The van der Waals surface area contributed by atoms with E-state index in [2.05, 4.69) is 58.2 Å². The van der Waals surface area contributed by atoms with Crippen molar-refractivity contribution in [3.05, 3.63) is 48.4 Å². The van der Waals surface area contributed by atoms with Crippen LogP contribution in [0.3, 0.4) is 0 Å². The van der Waals surface area contributed by atoms with Gasteiger partial charge in [-0.1, -0.05) is 6.07 Å². The van der Waals surface area contributed by atoms with E-state index in [4.69, 9.17) is 0 Å². The van der Waals surface area contributed by atoms with E-state index < -0.39 is 11.6 Å². The Morgan fingerprint density at radius 3 is 2.33 bits per heavy atom. The molecule has 1 fully saturated rings. The van der Waals surface area contributed by atoms with Crippen LogP contribution in [-0.2, 0) is 0 Å². The summed E-state index contributed by atoms with van der Waals surface area (Å²) in [5.74, 6) is -1.71. The Labute approximate surface area is 207 Å². The highest BCUT2D eigenvalue weighted by Crippen LogP contribution is 2.36. The normalized spacial score (nSPS) is 17.4. The number of anilines is 1. The molecule has 0 atom stereocenters. The monoisotopic (exact) mass is 493 g/mol. The number of nitrogens with zero attached hydrogens (tertiary/aromatic N) is 5. The zero-order valence-corrected chi connectivity index (χ0v) is 20.9. The zero-order chi connectivity index (χ0) is 25.8. The fourth-order valence-electron chi connectivity index (χ4n) is 5.40. The summed E-state index contributed by atoms with van der Waals surface area (Å²) in [5, 5.41) is 23.0. The molecule has 0 radical (unpaired) electrons. The SMILES string of the molecule is CN(c1ncc(-c2ccc(-c3cc4[nH]cnc4c(F)c3F)cc2O)nn1)C1CC(C)(C)NC(C)(C)C1. The zero-order valence-electron chi connectivity index (χ0n) is 20.9. The third-order valence-corrected chi connectivity index (χ3v) is 6.76. The first-order valence-electron chi connectivity index (χ1n) is 11.8. The molecule has 0 spiro atoms. The van der Waals surface area contributed by atoms with E-state index in [0.717, 1.165) is 12.8 Å². The Morgan fingerprint density at radius 1 is 0.972 bits per heavy atom. The maximum atomic E-state index is 14.7. The first-order valence-corrected chi connectivity index (χ1v) is 11.8. The van der Waals surface area contributed by atoms with Gasteiger partial charge in [-0.15, -0.1) is 10.2 Å². The number of hydrogen-bond acceptors (Lipinski definition) is 7. The number of benzene rings is 2. The number of phenols is 1. The Kier molecular flexibility index (Phi) is 5.66. The maximum absolute atomic E-state index is 14.7. The summed E-state index contributed by atoms with van der Waals surface area (Å²) in [6.45, 7) is 8.76. The molecule has 1 aliphatic heterocycles. The van der Waals surface area contributed by atoms with Gasteiger partial charge >= 0.3 is 0 Å². The minimum absolute atomic E-state index is 0.0140. The van der Waals surface area contributed by atoms with Gasteiger partial charge in [0.15, 0.2) is 11.6 Å². The lowest BCUT2D eigenvalue weighted by molar-refractivity contribution is 0.160. The second-order valence-corrected chi connectivity index (χ2v) is 10.8. The summed E-state index contributed by atoms with van der Waals surface area (Å²) >= 11 is 0. The number of hydrogen-bond donors (Lipinski definition) is 3. The van der Waals surface area contributed by atoms with Crippen LogP contribution in [0.1, 0.15) is 40.5 Å². The summed E-state index contributed by atoms with van der Waals surface area (Å²) in [4.78, 5) is 13.1. The molecular formula is C26H29F2N7O. The van der Waals surface area contributed by atoms with Crippen molar-refractivity contribution >= 4 is 17.0 Å². The van der Waals surface area contributed by atoms with Crippen LogP contribution < -0.4 is 10.2 Å². The minimum Gasteiger partial charge on any atom is -0.507 e. The molecule has 10 heteroatoms. The molecule has 4 aromatic rings. The van der Waals surface area contributed by atoms with Crippen molar-refractivity contribution in [3.63, 3.8) is 0 Å². The smallest absolute Gasteiger partial charge is 0.245 e. The summed E-state index contributed by atoms with van der Waals surface area (Å²) in [6.07, 6.45) is 4.72. The van der Waals surface area contributed by atoms with Gasteiger partial charge < -0.3 is 20.3 Å². The van der Waals surface area contributed by atoms with Crippen molar-refractivity contribution < 1.29 is 13.9 Å². The van der Waals surface area contributed by atoms with E-state index >= 15 is 0 Å². The van der Waals surface area contributed by atoms with Gasteiger partial charge in [-0.05, 0) is 64.3 Å². The molecule has 0 bridgehead atoms. The molecule has 1 saturated heterocycles. The van der Waals surface area contributed by atoms with Gasteiger partial charge in [0.25, 0.3) is 0 Å². The number of imidazole rings is 1. The Morgan fingerprint density at radius 2 is 1.69 bits per heavy atom. The number of H-pyrrole nitrogens is 1. The van der Waals surface area contributed by atoms with E-state index in [1.807, 2.05) is 11.9 Å². The highest BCUT2D eigenvalue weighted by molar-refractivity contribution is 5.84. The predicted molar refractivity (Wildman–Crippen MR) is 135 cm³/mol. The highest BCUT2D eigenvalue weighted by Gasteiger charge is 2.39. The average Bonchev–Trinajstić information content (AvgIpc) is 3.28. The fourth-order valence-corrected chi connectivity index (χ4v) is 5.40. The first-order chi connectivity index (χ1) is 16.9. The Balaban J connectivity index is 1.40. The van der Waals surface area contributed by atoms with Crippen LogP contribution in [-0.4, -0.2) is 54.4 Å². The molecule has 0 saturated carbocycles. The highest BCUT2D eigenvalue weighted by atomic mass is 19.2. The lowest BCUT2D eigenvalue weighted by Crippen LogP contribution is -2.62. The van der Waals surface area contributed by atoms with E-state index in [1.54, 1.807) is 18.3 Å². The van der Waals surface area contributed by atoms with E-state index in [9.17, 15) is 13.9 Å². The van der Waals surface area contributed by atoms with Crippen molar-refractivity contribution in [2.24, 2.45) is 0 Å². The molecule has 3 heterocycles. The Bertz CT molecular complexity index is 1420. The third kappa shape index (κ3) is 4.37. The third-order valence-electron chi connectivity index (χ3n) is 6.76. The quantitative estimate of drug-likeness (QED) is 0.375. The largest absolute Gasteiger partial charge is 0.507 e. The molecule has 0 unspecified atom stereocenters. The second-order valence-electron chi connectivity index (χ2n) is 10.8. The van der Waals surface area contributed by atoms with Crippen molar-refractivity contribution in [1.82, 2.24) is 30.5 Å². The van der Waals surface area contributed by atoms with Crippen molar-refractivity contribution in [3.8, 4) is 28.1 Å². The standard InChI is InChI=1S/C26H29F2N7O/c1-25(2)10-15(11-26(3,4)34-25)35(5)24-29-12-19(32-33-24)16-7-6-14(8-20(16)36)17-9-18-23(31-13-30-18)22(28)21(17)27/h6-9,12-13,15,34,36H,10-11H2,1-5H3,(H,30,31). The van der Waals surface area contributed by atoms with Gasteiger partial charge in [-0.2, -0.15) is 0 Å². The first kappa shape index (κ1) is 24.1. The van der Waals surface area contributed by atoms with Crippen molar-refractivity contribution in [2.45, 2.75) is 57.7 Å². The molecule has 36 heavy (non-hydrogen) atoms. The van der Waals surface area contributed by atoms with Gasteiger partial charge in [-0.25, -0.2) is 18.7 Å². The number of piperidine rings is 1. The van der Waals surface area contributed by atoms with Gasteiger partial charge in [0.2, 0.25) is 5.95 Å². The molecule has 0 amide bonds. The lowest BCUT2D eigenvalue weighted by Gasteiger charge is -2.48. The molecule has 1 aliphatic rings.